The molecule has 0 aliphatic rings. The fourth-order valence-electron chi connectivity index (χ4n) is 2.74. The van der Waals surface area contributed by atoms with Gasteiger partial charge in [-0.2, -0.15) is 0 Å². The molecule has 1 amide bonds. The smallest absolute Gasteiger partial charge is 0.230 e. The molecule has 0 aliphatic heterocycles. The summed E-state index contributed by atoms with van der Waals surface area (Å²) in [6.07, 6.45) is 6.33. The van der Waals surface area contributed by atoms with Crippen LogP contribution >= 0.6 is 11.3 Å². The minimum atomic E-state index is -0.0998. The maximum Gasteiger partial charge on any atom is 0.230 e. The highest BCUT2D eigenvalue weighted by Crippen LogP contribution is 2.25. The lowest BCUT2D eigenvalue weighted by atomic mass is 10.0. The fourth-order valence-corrected chi connectivity index (χ4v) is 3.54. The first-order valence-corrected chi connectivity index (χ1v) is 9.48. The molecule has 132 valence electrons. The molecule has 6 heteroatoms. The highest BCUT2D eigenvalue weighted by atomic mass is 32.1. The van der Waals surface area contributed by atoms with Crippen LogP contribution in [0.25, 0.3) is 11.0 Å². The predicted molar refractivity (Wildman–Crippen MR) is 101 cm³/mol. The molecule has 0 saturated carbocycles. The van der Waals surface area contributed by atoms with E-state index in [1.54, 1.807) is 6.26 Å². The molecule has 1 aromatic carbocycles. The Morgan fingerprint density at radius 3 is 2.80 bits per heavy atom. The van der Waals surface area contributed by atoms with Crippen molar-refractivity contribution in [3.8, 4) is 0 Å². The third kappa shape index (κ3) is 4.25. The lowest BCUT2D eigenvalue weighted by molar-refractivity contribution is -0.115. The molecule has 0 saturated heterocycles. The summed E-state index contributed by atoms with van der Waals surface area (Å²) in [5.74, 6) is -0.0998. The molecular weight excluding hydrogens is 334 g/mol. The van der Waals surface area contributed by atoms with Crippen LogP contribution in [0.15, 0.2) is 22.8 Å². The average molecular weight is 357 g/mol. The van der Waals surface area contributed by atoms with Crippen LogP contribution < -0.4 is 5.32 Å². The van der Waals surface area contributed by atoms with Crippen molar-refractivity contribution in [2.24, 2.45) is 0 Å². The van der Waals surface area contributed by atoms with Crippen LogP contribution in [0.4, 0.5) is 5.13 Å². The van der Waals surface area contributed by atoms with Gasteiger partial charge in [-0.1, -0.05) is 31.1 Å². The van der Waals surface area contributed by atoms with Gasteiger partial charge in [-0.05, 0) is 43.5 Å². The molecule has 0 radical (unpaired) electrons. The molecule has 2 aromatic heterocycles. The number of carbonyl (C=O) groups excluding carboxylic acids is 1. The number of hydrogen-bond acceptors (Lipinski definition) is 5. The summed E-state index contributed by atoms with van der Waals surface area (Å²) in [6, 6.07) is 4.09. The number of aryl methyl sites for hydroxylation is 3. The van der Waals surface area contributed by atoms with E-state index in [0.717, 1.165) is 34.4 Å². The van der Waals surface area contributed by atoms with Crippen LogP contribution in [-0.4, -0.2) is 16.1 Å². The maximum absolute atomic E-state index is 12.3. The van der Waals surface area contributed by atoms with Gasteiger partial charge >= 0.3 is 0 Å². The molecule has 0 atom stereocenters. The van der Waals surface area contributed by atoms with Crippen molar-refractivity contribution in [3.63, 3.8) is 0 Å². The summed E-state index contributed by atoms with van der Waals surface area (Å²) in [6.45, 7) is 6.29. The van der Waals surface area contributed by atoms with Crippen molar-refractivity contribution in [2.45, 2.75) is 52.9 Å². The van der Waals surface area contributed by atoms with Crippen molar-refractivity contribution < 1.29 is 9.21 Å². The summed E-state index contributed by atoms with van der Waals surface area (Å²) in [4.78, 5) is 12.3. The molecule has 3 rings (SSSR count). The van der Waals surface area contributed by atoms with Gasteiger partial charge in [0.1, 0.15) is 10.6 Å². The van der Waals surface area contributed by atoms with Crippen molar-refractivity contribution in [1.82, 2.24) is 10.2 Å². The quantitative estimate of drug-likeness (QED) is 0.616. The zero-order valence-corrected chi connectivity index (χ0v) is 15.7. The number of amides is 1. The van der Waals surface area contributed by atoms with Crippen LogP contribution in [0.1, 0.15) is 47.9 Å². The highest BCUT2D eigenvalue weighted by molar-refractivity contribution is 7.15. The molecule has 5 nitrogen and oxygen atoms in total. The molecule has 0 bridgehead atoms. The van der Waals surface area contributed by atoms with E-state index in [9.17, 15) is 4.79 Å². The first-order valence-electron chi connectivity index (χ1n) is 8.66. The summed E-state index contributed by atoms with van der Waals surface area (Å²) < 4.78 is 5.59. The molecule has 0 aliphatic carbocycles. The molecule has 0 fully saturated rings. The topological polar surface area (TPSA) is 68.0 Å². The molecule has 3 aromatic rings. The van der Waals surface area contributed by atoms with E-state index in [1.807, 2.05) is 6.07 Å². The Kier molecular flexibility index (Phi) is 5.48. The van der Waals surface area contributed by atoms with Crippen molar-refractivity contribution in [1.29, 1.82) is 0 Å². The van der Waals surface area contributed by atoms with Crippen LogP contribution in [0, 0.1) is 13.8 Å². The highest BCUT2D eigenvalue weighted by Gasteiger charge is 2.13. The number of nitrogens with zero attached hydrogens (tertiary/aromatic N) is 2. The first kappa shape index (κ1) is 17.6. The Bertz CT molecular complexity index is 882. The predicted octanol–water partition coefficient (Wildman–Crippen LogP) is 4.82. The summed E-state index contributed by atoms with van der Waals surface area (Å²) in [7, 11) is 0. The standard InChI is InChI=1S/C19H23N3O2S/c1-4-5-6-7-18-21-22-19(25-18)20-17(23)10-14-11-24-16-9-13(3)12(2)8-15(14)16/h8-9,11H,4-7,10H2,1-3H3,(H,20,22,23). The number of fused-ring (bicyclic) bond motifs is 1. The number of anilines is 1. The van der Waals surface area contributed by atoms with Gasteiger partial charge in [0, 0.05) is 17.4 Å². The van der Waals surface area contributed by atoms with E-state index in [1.165, 1.54) is 35.3 Å². The number of furan rings is 1. The lowest BCUT2D eigenvalue weighted by Gasteiger charge is -2.02. The van der Waals surface area contributed by atoms with Gasteiger partial charge in [-0.3, -0.25) is 4.79 Å². The van der Waals surface area contributed by atoms with Gasteiger partial charge in [-0.15, -0.1) is 10.2 Å². The number of carbonyl (C=O) groups is 1. The van der Waals surface area contributed by atoms with Crippen LogP contribution in [0.5, 0.6) is 0 Å². The van der Waals surface area contributed by atoms with E-state index in [0.29, 0.717) is 5.13 Å². The Balaban J connectivity index is 1.64. The van der Waals surface area contributed by atoms with Crippen molar-refractivity contribution >= 4 is 33.3 Å². The van der Waals surface area contributed by atoms with Gasteiger partial charge in [0.05, 0.1) is 12.7 Å². The van der Waals surface area contributed by atoms with Gasteiger partial charge < -0.3 is 9.73 Å². The zero-order chi connectivity index (χ0) is 17.8. The molecule has 25 heavy (non-hydrogen) atoms. The average Bonchev–Trinajstić information content (AvgIpc) is 3.16. The van der Waals surface area contributed by atoms with Gasteiger partial charge in [0.15, 0.2) is 0 Å². The second-order valence-electron chi connectivity index (χ2n) is 6.38. The second-order valence-corrected chi connectivity index (χ2v) is 7.44. The lowest BCUT2D eigenvalue weighted by Crippen LogP contribution is -2.14. The van der Waals surface area contributed by atoms with Crippen LogP contribution in [0.3, 0.4) is 0 Å². The zero-order valence-electron chi connectivity index (χ0n) is 14.9. The number of rotatable bonds is 7. The maximum atomic E-state index is 12.3. The number of hydrogen-bond donors (Lipinski definition) is 1. The van der Waals surface area contributed by atoms with Gasteiger partial charge in [0.25, 0.3) is 0 Å². The Morgan fingerprint density at radius 1 is 1.20 bits per heavy atom. The van der Waals surface area contributed by atoms with Gasteiger partial charge in [-0.25, -0.2) is 0 Å². The van der Waals surface area contributed by atoms with Crippen LogP contribution in [-0.2, 0) is 17.6 Å². The molecule has 0 spiro atoms. The monoisotopic (exact) mass is 357 g/mol. The summed E-state index contributed by atoms with van der Waals surface area (Å²) in [5.41, 5.74) is 4.09. The van der Waals surface area contributed by atoms with E-state index in [2.05, 4.69) is 42.4 Å². The molecule has 1 N–H and O–H groups in total. The normalized spacial score (nSPS) is 11.2. The second kappa shape index (κ2) is 7.78. The fraction of sp³-hybridized carbons (Fsp3) is 0.421. The van der Waals surface area contributed by atoms with E-state index in [-0.39, 0.29) is 12.3 Å². The SMILES string of the molecule is CCCCCc1nnc(NC(=O)Cc2coc3cc(C)c(C)cc23)s1. The summed E-state index contributed by atoms with van der Waals surface area (Å²) >= 11 is 1.45. The minimum absolute atomic E-state index is 0.0998. The third-order valence-electron chi connectivity index (χ3n) is 4.33. The van der Waals surface area contributed by atoms with Crippen LogP contribution in [0.2, 0.25) is 0 Å². The third-order valence-corrected chi connectivity index (χ3v) is 5.23. The number of nitrogens with one attached hydrogen (secondary N) is 1. The Hall–Kier alpha value is -2.21. The number of benzene rings is 1. The summed E-state index contributed by atoms with van der Waals surface area (Å²) in [5, 5.41) is 13.6. The Morgan fingerprint density at radius 2 is 2.00 bits per heavy atom. The largest absolute Gasteiger partial charge is 0.464 e. The first-order chi connectivity index (χ1) is 12.1. The van der Waals surface area contributed by atoms with Gasteiger partial charge in [0.2, 0.25) is 11.0 Å². The number of unbranched alkanes of at least 4 members (excludes halogenated alkanes) is 2. The van der Waals surface area contributed by atoms with E-state index >= 15 is 0 Å². The Labute approximate surface area is 151 Å². The van der Waals surface area contributed by atoms with E-state index < -0.39 is 0 Å². The molecule has 2 heterocycles. The van der Waals surface area contributed by atoms with Crippen molar-refractivity contribution in [2.75, 3.05) is 5.32 Å². The molecule has 0 unspecified atom stereocenters. The minimum Gasteiger partial charge on any atom is -0.464 e. The molecular formula is C19H23N3O2S. The number of aromatic nitrogens is 2. The van der Waals surface area contributed by atoms with E-state index in [4.69, 9.17) is 4.42 Å². The van der Waals surface area contributed by atoms with Crippen molar-refractivity contribution in [3.05, 3.63) is 40.1 Å².